The monoisotopic (exact) mass is 480 g/mol. The number of amides is 2. The SMILES string of the molecule is C=CCCCN1C(=O)[C@H](NC(=O)OC(C)(C)C)Cc2ccc(C)c(Oc3cc(F)ccc3C=C)c21. The van der Waals surface area contributed by atoms with Crippen molar-refractivity contribution < 1.29 is 23.5 Å². The van der Waals surface area contributed by atoms with Crippen molar-refractivity contribution in [2.75, 3.05) is 11.4 Å². The lowest BCUT2D eigenvalue weighted by atomic mass is 9.94. The number of benzene rings is 2. The van der Waals surface area contributed by atoms with E-state index >= 15 is 0 Å². The molecule has 1 atom stereocenters. The van der Waals surface area contributed by atoms with Crippen molar-refractivity contribution in [3.05, 3.63) is 72.1 Å². The quantitative estimate of drug-likeness (QED) is 0.355. The number of allylic oxidation sites excluding steroid dienone is 1. The van der Waals surface area contributed by atoms with Crippen LogP contribution in [0.15, 0.2) is 49.6 Å². The summed E-state index contributed by atoms with van der Waals surface area (Å²) in [6.45, 7) is 15.1. The second-order valence-corrected chi connectivity index (χ2v) is 9.53. The number of halogens is 1. The molecule has 186 valence electrons. The van der Waals surface area contributed by atoms with E-state index in [9.17, 15) is 14.0 Å². The molecular formula is C28H33FN2O4. The average Bonchev–Trinajstić information content (AvgIpc) is 2.77. The van der Waals surface area contributed by atoms with Gasteiger partial charge in [0.1, 0.15) is 23.2 Å². The smallest absolute Gasteiger partial charge is 0.408 e. The number of anilines is 1. The van der Waals surface area contributed by atoms with Crippen molar-refractivity contribution in [2.24, 2.45) is 0 Å². The Balaban J connectivity index is 2.03. The fourth-order valence-corrected chi connectivity index (χ4v) is 3.96. The van der Waals surface area contributed by atoms with Gasteiger partial charge in [-0.25, -0.2) is 9.18 Å². The molecular weight excluding hydrogens is 447 g/mol. The Kier molecular flexibility index (Phi) is 7.99. The molecule has 0 fully saturated rings. The van der Waals surface area contributed by atoms with E-state index in [2.05, 4.69) is 18.5 Å². The molecule has 2 aromatic carbocycles. The summed E-state index contributed by atoms with van der Waals surface area (Å²) in [6, 6.07) is 7.27. The first-order valence-electron chi connectivity index (χ1n) is 11.7. The molecule has 0 unspecified atom stereocenters. The second kappa shape index (κ2) is 10.8. The first-order chi connectivity index (χ1) is 16.5. The van der Waals surface area contributed by atoms with Gasteiger partial charge in [0.25, 0.3) is 0 Å². The summed E-state index contributed by atoms with van der Waals surface area (Å²) in [5.41, 5.74) is 2.20. The van der Waals surface area contributed by atoms with Crippen LogP contribution in [-0.2, 0) is 16.0 Å². The summed E-state index contributed by atoms with van der Waals surface area (Å²) in [7, 11) is 0. The first kappa shape index (κ1) is 26.0. The molecule has 3 rings (SSSR count). The van der Waals surface area contributed by atoms with Crippen LogP contribution in [0.2, 0.25) is 0 Å². The number of hydrogen-bond donors (Lipinski definition) is 1. The summed E-state index contributed by atoms with van der Waals surface area (Å²) in [5, 5.41) is 2.72. The molecule has 7 heteroatoms. The van der Waals surface area contributed by atoms with E-state index in [0.717, 1.165) is 17.5 Å². The molecule has 0 saturated carbocycles. The van der Waals surface area contributed by atoms with Gasteiger partial charge in [-0.15, -0.1) is 6.58 Å². The molecule has 0 bridgehead atoms. The van der Waals surface area contributed by atoms with Gasteiger partial charge in [-0.2, -0.15) is 0 Å². The minimum absolute atomic E-state index is 0.258. The molecule has 1 aliphatic heterocycles. The number of alkyl carbamates (subject to hydrolysis) is 1. The van der Waals surface area contributed by atoms with E-state index < -0.39 is 23.6 Å². The van der Waals surface area contributed by atoms with Gasteiger partial charge in [-0.05, 0) is 63.8 Å². The molecule has 1 N–H and O–H groups in total. The number of rotatable bonds is 8. The molecule has 1 heterocycles. The van der Waals surface area contributed by atoms with Crippen molar-refractivity contribution in [1.29, 1.82) is 0 Å². The number of nitrogens with zero attached hydrogens (tertiary/aromatic N) is 1. The third kappa shape index (κ3) is 6.29. The Labute approximate surface area is 206 Å². The van der Waals surface area contributed by atoms with Gasteiger partial charge in [0.05, 0.1) is 5.69 Å². The van der Waals surface area contributed by atoms with E-state index in [4.69, 9.17) is 9.47 Å². The van der Waals surface area contributed by atoms with Crippen LogP contribution in [-0.4, -0.2) is 30.2 Å². The third-order valence-corrected chi connectivity index (χ3v) is 5.56. The maximum Gasteiger partial charge on any atom is 0.408 e. The molecule has 35 heavy (non-hydrogen) atoms. The van der Waals surface area contributed by atoms with Crippen LogP contribution in [0.3, 0.4) is 0 Å². The zero-order valence-corrected chi connectivity index (χ0v) is 20.8. The zero-order valence-electron chi connectivity index (χ0n) is 20.8. The number of aryl methyl sites for hydroxylation is 1. The van der Waals surface area contributed by atoms with Crippen LogP contribution in [0.4, 0.5) is 14.9 Å². The highest BCUT2D eigenvalue weighted by Crippen LogP contribution is 2.42. The third-order valence-electron chi connectivity index (χ3n) is 5.56. The van der Waals surface area contributed by atoms with Crippen LogP contribution in [0, 0.1) is 12.7 Å². The lowest BCUT2D eigenvalue weighted by molar-refractivity contribution is -0.121. The molecule has 0 aromatic heterocycles. The highest BCUT2D eigenvalue weighted by atomic mass is 19.1. The van der Waals surface area contributed by atoms with Crippen LogP contribution >= 0.6 is 0 Å². The fraction of sp³-hybridized carbons (Fsp3) is 0.357. The van der Waals surface area contributed by atoms with Crippen molar-refractivity contribution >= 4 is 23.8 Å². The van der Waals surface area contributed by atoms with Crippen molar-refractivity contribution in [3.8, 4) is 11.5 Å². The van der Waals surface area contributed by atoms with Crippen LogP contribution in [0.5, 0.6) is 11.5 Å². The standard InChI is InChI=1S/C28H33FN2O4/c1-7-9-10-15-31-24-20(16-22(26(31)32)30-27(33)35-28(4,5)6)12-11-18(3)25(24)34-23-17-21(29)14-13-19(23)8-2/h7-8,11-14,17,22H,1-2,9-10,15-16H2,3-6H3,(H,30,33)/t22-/m1/s1. The van der Waals surface area contributed by atoms with Gasteiger partial charge < -0.3 is 19.7 Å². The largest absolute Gasteiger partial charge is 0.454 e. The molecule has 2 aromatic rings. The maximum absolute atomic E-state index is 14.0. The second-order valence-electron chi connectivity index (χ2n) is 9.53. The Hall–Kier alpha value is -3.61. The predicted molar refractivity (Wildman–Crippen MR) is 136 cm³/mol. The number of carbonyl (C=O) groups is 2. The van der Waals surface area contributed by atoms with Crippen molar-refractivity contribution in [2.45, 2.75) is 58.6 Å². The minimum atomic E-state index is -0.783. The van der Waals surface area contributed by atoms with Gasteiger partial charge in [-0.1, -0.05) is 30.9 Å². The number of fused-ring (bicyclic) bond motifs is 1. The lowest BCUT2D eigenvalue weighted by Gasteiger charge is -2.36. The fourth-order valence-electron chi connectivity index (χ4n) is 3.96. The normalized spacial score (nSPS) is 15.3. The van der Waals surface area contributed by atoms with Gasteiger partial charge in [0.15, 0.2) is 5.75 Å². The molecule has 1 aliphatic rings. The molecule has 6 nitrogen and oxygen atoms in total. The Bertz CT molecular complexity index is 1140. The van der Waals surface area contributed by atoms with E-state index in [1.165, 1.54) is 12.1 Å². The number of unbranched alkanes of at least 4 members (excludes halogenated alkanes) is 1. The van der Waals surface area contributed by atoms with E-state index in [1.807, 2.05) is 19.1 Å². The van der Waals surface area contributed by atoms with E-state index in [1.54, 1.807) is 43.9 Å². The average molecular weight is 481 g/mol. The molecule has 2 amide bonds. The number of ether oxygens (including phenoxy) is 2. The van der Waals surface area contributed by atoms with Crippen molar-refractivity contribution in [3.63, 3.8) is 0 Å². The maximum atomic E-state index is 14.0. The summed E-state index contributed by atoms with van der Waals surface area (Å²) in [5.74, 6) is 0.0857. The predicted octanol–water partition coefficient (Wildman–Crippen LogP) is 6.32. The van der Waals surface area contributed by atoms with Gasteiger partial charge >= 0.3 is 6.09 Å². The van der Waals surface area contributed by atoms with E-state index in [-0.39, 0.29) is 12.3 Å². The van der Waals surface area contributed by atoms with Gasteiger partial charge in [0.2, 0.25) is 5.91 Å². The Morgan fingerprint density at radius 1 is 1.26 bits per heavy atom. The highest BCUT2D eigenvalue weighted by Gasteiger charge is 2.37. The topological polar surface area (TPSA) is 67.9 Å². The molecule has 0 radical (unpaired) electrons. The van der Waals surface area contributed by atoms with Crippen molar-refractivity contribution in [1.82, 2.24) is 5.32 Å². The first-order valence-corrected chi connectivity index (χ1v) is 11.7. The minimum Gasteiger partial charge on any atom is -0.454 e. The van der Waals surface area contributed by atoms with Gasteiger partial charge in [0, 0.05) is 24.6 Å². The summed E-state index contributed by atoms with van der Waals surface area (Å²) < 4.78 is 25.6. The summed E-state index contributed by atoms with van der Waals surface area (Å²) >= 11 is 0. The van der Waals surface area contributed by atoms with Crippen LogP contribution < -0.4 is 15.0 Å². The van der Waals surface area contributed by atoms with Gasteiger partial charge in [-0.3, -0.25) is 4.79 Å². The number of nitrogens with one attached hydrogen (secondary N) is 1. The van der Waals surface area contributed by atoms with Crippen LogP contribution in [0.1, 0.15) is 50.3 Å². The highest BCUT2D eigenvalue weighted by molar-refractivity contribution is 6.03. The number of hydrogen-bond acceptors (Lipinski definition) is 4. The molecule has 0 aliphatic carbocycles. The Morgan fingerprint density at radius 3 is 2.66 bits per heavy atom. The molecule has 0 saturated heterocycles. The summed E-state index contributed by atoms with van der Waals surface area (Å²) in [4.78, 5) is 27.6. The Morgan fingerprint density at radius 2 is 2.00 bits per heavy atom. The number of carbonyl (C=O) groups excluding carboxylic acids is 2. The lowest BCUT2D eigenvalue weighted by Crippen LogP contribution is -2.54. The van der Waals surface area contributed by atoms with Crippen LogP contribution in [0.25, 0.3) is 6.08 Å². The summed E-state index contributed by atoms with van der Waals surface area (Å²) in [6.07, 6.45) is 4.41. The zero-order chi connectivity index (χ0) is 25.8. The molecule has 0 spiro atoms. The van der Waals surface area contributed by atoms with E-state index in [0.29, 0.717) is 35.7 Å².